The van der Waals surface area contributed by atoms with Crippen molar-refractivity contribution in [2.45, 2.75) is 25.3 Å². The first-order valence-corrected chi connectivity index (χ1v) is 8.48. The van der Waals surface area contributed by atoms with Crippen LogP contribution in [0.2, 0.25) is 0 Å². The van der Waals surface area contributed by atoms with Gasteiger partial charge in [-0.05, 0) is 37.9 Å². The number of carbonyl (C=O) groups is 2. The Hall–Kier alpha value is -1.59. The number of likely N-dealkylation sites (N-methyl/N-ethyl adjacent to an activating group) is 1. The average molecular weight is 352 g/mol. The summed E-state index contributed by atoms with van der Waals surface area (Å²) in [6.45, 7) is 3.22. The lowest BCUT2D eigenvalue weighted by Crippen LogP contribution is -2.46. The molecule has 0 spiro atoms. The van der Waals surface area contributed by atoms with Gasteiger partial charge in [-0.1, -0.05) is 18.2 Å². The Morgan fingerprint density at radius 1 is 1.12 bits per heavy atom. The van der Waals surface area contributed by atoms with Crippen molar-refractivity contribution in [2.24, 2.45) is 5.92 Å². The average Bonchev–Trinajstić information content (AvgIpc) is 3.15. The molecule has 0 aromatic heterocycles. The molecular formula is C18H26ClN3O2. The Bertz CT molecular complexity index is 553. The second kappa shape index (κ2) is 8.49. The smallest absolute Gasteiger partial charge is 0.253 e. The van der Waals surface area contributed by atoms with E-state index in [4.69, 9.17) is 0 Å². The first-order chi connectivity index (χ1) is 11.2. The fourth-order valence-corrected chi connectivity index (χ4v) is 3.53. The highest BCUT2D eigenvalue weighted by molar-refractivity contribution is 5.94. The summed E-state index contributed by atoms with van der Waals surface area (Å²) < 4.78 is 0. The Morgan fingerprint density at radius 2 is 1.79 bits per heavy atom. The zero-order chi connectivity index (χ0) is 16.2. The Balaban J connectivity index is 0.00000208. The molecule has 1 unspecified atom stereocenters. The number of nitrogens with one attached hydrogen (secondary N) is 1. The van der Waals surface area contributed by atoms with Gasteiger partial charge in [0.2, 0.25) is 5.91 Å². The summed E-state index contributed by atoms with van der Waals surface area (Å²) >= 11 is 0. The Morgan fingerprint density at radius 3 is 2.38 bits per heavy atom. The Kier molecular flexibility index (Phi) is 6.63. The molecule has 0 aliphatic carbocycles. The fraction of sp³-hybridized carbons (Fsp3) is 0.556. The molecule has 2 saturated heterocycles. The first-order valence-electron chi connectivity index (χ1n) is 8.48. The standard InChI is InChI=1S/C18H25N3O2.ClH/c1-20(16-7-10-19-13-16)17(22)15-8-11-21(12-9-15)18(23)14-5-3-2-4-6-14;/h2-6,15-16,19H,7-13H2,1H3;1H. The van der Waals surface area contributed by atoms with Crippen LogP contribution in [0.25, 0.3) is 0 Å². The van der Waals surface area contributed by atoms with Crippen LogP contribution in [0, 0.1) is 5.92 Å². The summed E-state index contributed by atoms with van der Waals surface area (Å²) in [5.74, 6) is 0.371. The second-order valence-electron chi connectivity index (χ2n) is 6.53. The van der Waals surface area contributed by atoms with Gasteiger partial charge >= 0.3 is 0 Å². The van der Waals surface area contributed by atoms with Crippen LogP contribution >= 0.6 is 12.4 Å². The van der Waals surface area contributed by atoms with Gasteiger partial charge in [0, 0.05) is 44.2 Å². The molecule has 1 aromatic rings. The van der Waals surface area contributed by atoms with Crippen molar-refractivity contribution < 1.29 is 9.59 Å². The molecule has 2 fully saturated rings. The molecule has 0 radical (unpaired) electrons. The third-order valence-corrected chi connectivity index (χ3v) is 5.08. The minimum Gasteiger partial charge on any atom is -0.341 e. The van der Waals surface area contributed by atoms with Crippen LogP contribution in [0.1, 0.15) is 29.6 Å². The van der Waals surface area contributed by atoms with Crippen molar-refractivity contribution in [1.29, 1.82) is 0 Å². The van der Waals surface area contributed by atoms with Crippen molar-refractivity contribution >= 4 is 24.2 Å². The highest BCUT2D eigenvalue weighted by Gasteiger charge is 2.32. The van der Waals surface area contributed by atoms with Crippen LogP contribution in [0.15, 0.2) is 30.3 Å². The SMILES string of the molecule is CN(C(=O)C1CCN(C(=O)c2ccccc2)CC1)C1CCNC1.Cl. The van der Waals surface area contributed by atoms with Crippen molar-refractivity contribution in [3.8, 4) is 0 Å². The normalized spacial score (nSPS) is 21.2. The van der Waals surface area contributed by atoms with Crippen LogP contribution in [-0.2, 0) is 4.79 Å². The lowest BCUT2D eigenvalue weighted by molar-refractivity contribution is -0.137. The summed E-state index contributed by atoms with van der Waals surface area (Å²) in [6, 6.07) is 9.70. The molecule has 6 heteroatoms. The van der Waals surface area contributed by atoms with E-state index >= 15 is 0 Å². The van der Waals surface area contributed by atoms with Crippen LogP contribution in [0.3, 0.4) is 0 Å². The van der Waals surface area contributed by atoms with Gasteiger partial charge in [-0.15, -0.1) is 12.4 Å². The minimum absolute atomic E-state index is 0. The zero-order valence-corrected chi connectivity index (χ0v) is 14.9. The van der Waals surface area contributed by atoms with Crippen LogP contribution < -0.4 is 5.32 Å². The van der Waals surface area contributed by atoms with Crippen molar-refractivity contribution in [3.05, 3.63) is 35.9 Å². The maximum Gasteiger partial charge on any atom is 0.253 e. The lowest BCUT2D eigenvalue weighted by Gasteiger charge is -2.34. The number of hydrogen-bond donors (Lipinski definition) is 1. The van der Waals surface area contributed by atoms with Crippen molar-refractivity contribution in [1.82, 2.24) is 15.1 Å². The van der Waals surface area contributed by atoms with E-state index in [9.17, 15) is 9.59 Å². The molecule has 1 aromatic carbocycles. The van der Waals surface area contributed by atoms with Gasteiger partial charge in [0.15, 0.2) is 0 Å². The highest BCUT2D eigenvalue weighted by Crippen LogP contribution is 2.22. The summed E-state index contributed by atoms with van der Waals surface area (Å²) in [5.41, 5.74) is 0.728. The van der Waals surface area contributed by atoms with E-state index in [1.807, 2.05) is 47.2 Å². The van der Waals surface area contributed by atoms with E-state index in [0.717, 1.165) is 37.9 Å². The predicted molar refractivity (Wildman–Crippen MR) is 96.4 cm³/mol. The molecule has 2 aliphatic rings. The topological polar surface area (TPSA) is 52.7 Å². The number of piperidine rings is 1. The molecule has 1 N–H and O–H groups in total. The van der Waals surface area contributed by atoms with Gasteiger partial charge < -0.3 is 15.1 Å². The molecule has 0 bridgehead atoms. The maximum absolute atomic E-state index is 12.6. The number of likely N-dealkylation sites (tertiary alicyclic amines) is 1. The molecule has 5 nitrogen and oxygen atoms in total. The van der Waals surface area contributed by atoms with Gasteiger partial charge in [-0.2, -0.15) is 0 Å². The first kappa shape index (κ1) is 18.7. The second-order valence-corrected chi connectivity index (χ2v) is 6.53. The van der Waals surface area contributed by atoms with Crippen LogP contribution in [0.5, 0.6) is 0 Å². The lowest BCUT2D eigenvalue weighted by atomic mass is 9.94. The van der Waals surface area contributed by atoms with Gasteiger partial charge in [0.25, 0.3) is 5.91 Å². The molecule has 3 rings (SSSR count). The quantitative estimate of drug-likeness (QED) is 0.903. The highest BCUT2D eigenvalue weighted by atomic mass is 35.5. The summed E-state index contributed by atoms with van der Waals surface area (Å²) in [6.07, 6.45) is 2.57. The number of hydrogen-bond acceptors (Lipinski definition) is 3. The van der Waals surface area contributed by atoms with E-state index in [2.05, 4.69) is 5.32 Å². The number of carbonyl (C=O) groups excluding carboxylic acids is 2. The van der Waals surface area contributed by atoms with Crippen LogP contribution in [-0.4, -0.2) is 60.9 Å². The van der Waals surface area contributed by atoms with Crippen molar-refractivity contribution in [2.75, 3.05) is 33.2 Å². The van der Waals surface area contributed by atoms with E-state index < -0.39 is 0 Å². The largest absolute Gasteiger partial charge is 0.341 e. The van der Waals surface area contributed by atoms with Gasteiger partial charge in [-0.3, -0.25) is 9.59 Å². The van der Waals surface area contributed by atoms with E-state index in [0.29, 0.717) is 19.1 Å². The molecular weight excluding hydrogens is 326 g/mol. The van der Waals surface area contributed by atoms with Gasteiger partial charge in [-0.25, -0.2) is 0 Å². The molecule has 1 atom stereocenters. The molecule has 132 valence electrons. The molecule has 24 heavy (non-hydrogen) atoms. The maximum atomic E-state index is 12.6. The number of rotatable bonds is 3. The number of halogens is 1. The van der Waals surface area contributed by atoms with Crippen LogP contribution in [0.4, 0.5) is 0 Å². The summed E-state index contributed by atoms with van der Waals surface area (Å²) in [7, 11) is 1.92. The van der Waals surface area contributed by atoms with E-state index in [1.54, 1.807) is 0 Å². The number of benzene rings is 1. The summed E-state index contributed by atoms with van der Waals surface area (Å²) in [4.78, 5) is 28.9. The molecule has 0 saturated carbocycles. The fourth-order valence-electron chi connectivity index (χ4n) is 3.53. The zero-order valence-electron chi connectivity index (χ0n) is 14.1. The van der Waals surface area contributed by atoms with E-state index in [-0.39, 0.29) is 30.1 Å². The number of nitrogens with zero attached hydrogens (tertiary/aromatic N) is 2. The molecule has 2 heterocycles. The minimum atomic E-state index is 0. The van der Waals surface area contributed by atoms with Crippen molar-refractivity contribution in [3.63, 3.8) is 0 Å². The number of amides is 2. The monoisotopic (exact) mass is 351 g/mol. The van der Waals surface area contributed by atoms with Gasteiger partial charge in [0.05, 0.1) is 0 Å². The third-order valence-electron chi connectivity index (χ3n) is 5.08. The van der Waals surface area contributed by atoms with Gasteiger partial charge in [0.1, 0.15) is 0 Å². The predicted octanol–water partition coefficient (Wildman–Crippen LogP) is 1.78. The van der Waals surface area contributed by atoms with E-state index in [1.165, 1.54) is 0 Å². The molecule has 2 aliphatic heterocycles. The Labute approximate surface area is 149 Å². The molecule has 2 amide bonds. The third kappa shape index (κ3) is 4.08. The summed E-state index contributed by atoms with van der Waals surface area (Å²) in [5, 5.41) is 3.30.